The molecule has 1 saturated heterocycles. The largest absolute Gasteiger partial charge is 0.393 e. The average Bonchev–Trinajstić information content (AvgIpc) is 3.04. The van der Waals surface area contributed by atoms with Crippen LogP contribution < -0.4 is 0 Å². The van der Waals surface area contributed by atoms with Crippen LogP contribution in [0.15, 0.2) is 113 Å². The fraction of sp³-hybridized carbons (Fsp3) is 0.378. The van der Waals surface area contributed by atoms with Crippen LogP contribution in [0.25, 0.3) is 10.8 Å². The summed E-state index contributed by atoms with van der Waals surface area (Å²) in [7, 11) is -4.09. The minimum Gasteiger partial charge on any atom is -0.393 e. The van der Waals surface area contributed by atoms with Gasteiger partial charge < -0.3 is 10.0 Å². The van der Waals surface area contributed by atoms with Gasteiger partial charge in [0.1, 0.15) is 0 Å². The Morgan fingerprint density at radius 3 is 1.95 bits per heavy atom. The number of aliphatic imine (C=N–C) groups is 1. The summed E-state index contributed by atoms with van der Waals surface area (Å²) in [5.74, 6) is 1.15. The van der Waals surface area contributed by atoms with Crippen LogP contribution in [0.4, 0.5) is 0 Å². The van der Waals surface area contributed by atoms with Crippen molar-refractivity contribution in [2.45, 2.75) is 68.8 Å². The molecule has 1 aliphatic rings. The number of benzene rings is 4. The van der Waals surface area contributed by atoms with E-state index in [-0.39, 0.29) is 11.0 Å². The van der Waals surface area contributed by atoms with Crippen LogP contribution in [-0.2, 0) is 10.1 Å². The minimum absolute atomic E-state index is 0.0730. The van der Waals surface area contributed by atoms with Gasteiger partial charge in [0, 0.05) is 25.6 Å². The Hall–Kier alpha value is -3.52. The zero-order valence-corrected chi connectivity index (χ0v) is 26.5. The van der Waals surface area contributed by atoms with E-state index >= 15 is 0 Å². The Morgan fingerprint density at radius 2 is 1.36 bits per heavy atom. The molecular formula is C37H46N2O4S. The predicted octanol–water partition coefficient (Wildman–Crippen LogP) is 7.98. The van der Waals surface area contributed by atoms with E-state index in [1.165, 1.54) is 48.9 Å². The van der Waals surface area contributed by atoms with Gasteiger partial charge in [0.05, 0.1) is 17.3 Å². The summed E-state index contributed by atoms with van der Waals surface area (Å²) >= 11 is 0. The molecule has 2 N–H and O–H groups in total. The monoisotopic (exact) mass is 614 g/mol. The third-order valence-corrected chi connectivity index (χ3v) is 9.14. The van der Waals surface area contributed by atoms with Gasteiger partial charge in [0.2, 0.25) is 0 Å². The van der Waals surface area contributed by atoms with Crippen LogP contribution in [-0.4, -0.2) is 55.1 Å². The molecule has 4 aromatic carbocycles. The zero-order chi connectivity index (χ0) is 31.2. The van der Waals surface area contributed by atoms with Gasteiger partial charge in [-0.05, 0) is 72.6 Å². The lowest BCUT2D eigenvalue weighted by Gasteiger charge is -2.36. The second kappa shape index (κ2) is 17.1. The molecule has 0 bridgehead atoms. The third kappa shape index (κ3) is 10.6. The maximum atomic E-state index is 10.8. The fourth-order valence-electron chi connectivity index (χ4n) is 5.92. The number of hydrogen-bond acceptors (Lipinski definition) is 4. The van der Waals surface area contributed by atoms with Gasteiger partial charge in [0.25, 0.3) is 10.1 Å². The topological polar surface area (TPSA) is 90.2 Å². The molecule has 234 valence electrons. The predicted molar refractivity (Wildman–Crippen MR) is 181 cm³/mol. The normalized spacial score (nSPS) is 15.0. The van der Waals surface area contributed by atoms with E-state index in [2.05, 4.69) is 76.9 Å². The quantitative estimate of drug-likeness (QED) is 0.0731. The number of likely N-dealkylation sites (tertiary alicyclic amines) is 1. The van der Waals surface area contributed by atoms with E-state index in [0.29, 0.717) is 11.8 Å². The lowest BCUT2D eigenvalue weighted by atomic mass is 9.76. The standard InChI is InChI=1S/C27H38N2O.C10H8O3S/c1-23(30)12-6-2-3-11-19-28-22-29-20-17-26(18-21-29)27(24-13-7-4-8-14-24)25-15-9-5-10-16-25;11-14(12,13)10-6-5-8-3-1-2-4-9(8)7-10/h4-5,7-10,13-16,22-23,26-27,30H,2-3,6,11-12,17-21H2,1H3;1-7H,(H,11,12,13). The molecule has 1 atom stereocenters. The Kier molecular flexibility index (Phi) is 13.0. The first kappa shape index (κ1) is 33.4. The smallest absolute Gasteiger partial charge is 0.294 e. The van der Waals surface area contributed by atoms with Gasteiger partial charge in [-0.1, -0.05) is 110 Å². The van der Waals surface area contributed by atoms with Gasteiger partial charge in [-0.15, -0.1) is 0 Å². The summed E-state index contributed by atoms with van der Waals surface area (Å²) in [5.41, 5.74) is 2.87. The highest BCUT2D eigenvalue weighted by atomic mass is 32.2. The van der Waals surface area contributed by atoms with Gasteiger partial charge in [-0.2, -0.15) is 8.42 Å². The van der Waals surface area contributed by atoms with Gasteiger partial charge in [-0.25, -0.2) is 0 Å². The van der Waals surface area contributed by atoms with Crippen LogP contribution in [0.2, 0.25) is 0 Å². The molecule has 6 nitrogen and oxygen atoms in total. The number of hydrogen-bond donors (Lipinski definition) is 2. The number of rotatable bonds is 12. The van der Waals surface area contributed by atoms with Crippen LogP contribution >= 0.6 is 0 Å². The molecule has 1 unspecified atom stereocenters. The first-order chi connectivity index (χ1) is 21.3. The van der Waals surface area contributed by atoms with Crippen LogP contribution in [0.3, 0.4) is 0 Å². The number of unbranched alkanes of at least 4 members (excludes halogenated alkanes) is 3. The van der Waals surface area contributed by atoms with Gasteiger partial charge in [-0.3, -0.25) is 9.55 Å². The lowest BCUT2D eigenvalue weighted by molar-refractivity contribution is 0.180. The summed E-state index contributed by atoms with van der Waals surface area (Å²) < 4.78 is 30.5. The van der Waals surface area contributed by atoms with Gasteiger partial charge in [0.15, 0.2) is 0 Å². The molecule has 4 aromatic rings. The van der Waals surface area contributed by atoms with Crippen molar-refractivity contribution in [2.24, 2.45) is 10.9 Å². The van der Waals surface area contributed by atoms with Gasteiger partial charge >= 0.3 is 0 Å². The molecule has 7 heteroatoms. The van der Waals surface area contributed by atoms with Crippen LogP contribution in [0, 0.1) is 5.92 Å². The van der Waals surface area contributed by atoms with E-state index < -0.39 is 10.1 Å². The minimum atomic E-state index is -4.09. The van der Waals surface area contributed by atoms with Crippen molar-refractivity contribution in [1.82, 2.24) is 4.90 Å². The molecule has 5 rings (SSSR count). The third-order valence-electron chi connectivity index (χ3n) is 8.29. The second-order valence-corrected chi connectivity index (χ2v) is 13.2. The molecule has 0 aromatic heterocycles. The van der Waals surface area contributed by atoms with Crippen molar-refractivity contribution in [1.29, 1.82) is 0 Å². The first-order valence-corrected chi connectivity index (χ1v) is 17.2. The highest BCUT2D eigenvalue weighted by Gasteiger charge is 2.28. The summed E-state index contributed by atoms with van der Waals surface area (Å²) in [6.45, 7) is 4.98. The molecule has 0 saturated carbocycles. The average molecular weight is 615 g/mol. The Morgan fingerprint density at radius 1 is 0.795 bits per heavy atom. The van der Waals surface area contributed by atoms with E-state index in [1.807, 2.05) is 25.1 Å². The first-order valence-electron chi connectivity index (χ1n) is 15.8. The molecule has 1 aliphatic heterocycles. The zero-order valence-electron chi connectivity index (χ0n) is 25.7. The second-order valence-electron chi connectivity index (χ2n) is 11.7. The maximum Gasteiger partial charge on any atom is 0.294 e. The highest BCUT2D eigenvalue weighted by molar-refractivity contribution is 7.85. The van der Waals surface area contributed by atoms with E-state index in [4.69, 9.17) is 4.55 Å². The number of aliphatic hydroxyl groups is 1. The molecule has 0 aliphatic carbocycles. The molecule has 44 heavy (non-hydrogen) atoms. The number of piperidine rings is 1. The molecule has 0 radical (unpaired) electrons. The van der Waals surface area contributed by atoms with Crippen molar-refractivity contribution in [3.05, 3.63) is 114 Å². The summed E-state index contributed by atoms with van der Waals surface area (Å²) in [6.07, 6.45) is 9.95. The van der Waals surface area contributed by atoms with E-state index in [0.717, 1.165) is 49.7 Å². The van der Waals surface area contributed by atoms with E-state index in [9.17, 15) is 13.5 Å². The van der Waals surface area contributed by atoms with Crippen LogP contribution in [0.1, 0.15) is 68.9 Å². The summed E-state index contributed by atoms with van der Waals surface area (Å²) in [4.78, 5) is 6.99. The molecular weight excluding hydrogens is 568 g/mol. The van der Waals surface area contributed by atoms with Crippen molar-refractivity contribution in [3.8, 4) is 0 Å². The highest BCUT2D eigenvalue weighted by Crippen LogP contribution is 2.37. The number of nitrogens with zero attached hydrogens (tertiary/aromatic N) is 2. The summed E-state index contributed by atoms with van der Waals surface area (Å²) in [5, 5.41) is 11.0. The molecule has 0 amide bonds. The molecule has 1 fully saturated rings. The fourth-order valence-corrected chi connectivity index (χ4v) is 6.44. The SMILES string of the molecule is CC(O)CCCCCCN=CN1CCC(C(c2ccccc2)c2ccccc2)CC1.O=S(=O)(O)c1ccc2ccccc2c1. The lowest BCUT2D eigenvalue weighted by Crippen LogP contribution is -2.35. The van der Waals surface area contributed by atoms with Crippen LogP contribution in [0.5, 0.6) is 0 Å². The van der Waals surface area contributed by atoms with Crippen molar-refractivity contribution < 1.29 is 18.1 Å². The Balaban J connectivity index is 0.000000262. The Labute approximate surface area is 263 Å². The van der Waals surface area contributed by atoms with Crippen molar-refractivity contribution in [3.63, 3.8) is 0 Å². The Bertz CT molecular complexity index is 1490. The number of aliphatic hydroxyl groups excluding tert-OH is 1. The van der Waals surface area contributed by atoms with E-state index in [1.54, 1.807) is 12.1 Å². The number of fused-ring (bicyclic) bond motifs is 1. The molecule has 0 spiro atoms. The van der Waals surface area contributed by atoms with Crippen molar-refractivity contribution >= 4 is 27.2 Å². The van der Waals surface area contributed by atoms with Crippen molar-refractivity contribution in [2.75, 3.05) is 19.6 Å². The maximum absolute atomic E-state index is 10.8. The molecule has 1 heterocycles. The summed E-state index contributed by atoms with van der Waals surface area (Å²) in [6, 6.07) is 33.9.